The number of rotatable bonds is 4. The highest BCUT2D eigenvalue weighted by molar-refractivity contribution is 7.17. The maximum atomic E-state index is 6.17. The molecule has 0 aliphatic carbocycles. The van der Waals surface area contributed by atoms with E-state index in [0.29, 0.717) is 5.82 Å². The van der Waals surface area contributed by atoms with Crippen molar-refractivity contribution in [2.45, 2.75) is 26.2 Å². The van der Waals surface area contributed by atoms with E-state index in [4.69, 9.17) is 5.73 Å². The molecule has 3 aromatic rings. The maximum Gasteiger partial charge on any atom is 0.136 e. The summed E-state index contributed by atoms with van der Waals surface area (Å²) in [5.74, 6) is 1.46. The van der Waals surface area contributed by atoms with Crippen molar-refractivity contribution in [3.05, 3.63) is 41.5 Å². The van der Waals surface area contributed by atoms with E-state index in [-0.39, 0.29) is 0 Å². The Bertz CT molecular complexity index is 719. The fraction of sp³-hybridized carbons (Fsp3) is 0.250. The lowest BCUT2D eigenvalue weighted by molar-refractivity contribution is 0.758. The summed E-state index contributed by atoms with van der Waals surface area (Å²) < 4.78 is 0. The number of aromatic nitrogens is 2. The van der Waals surface area contributed by atoms with Gasteiger partial charge in [0.05, 0.1) is 5.39 Å². The number of aryl methyl sites for hydroxylation is 1. The summed E-state index contributed by atoms with van der Waals surface area (Å²) >= 11 is 1.64. The van der Waals surface area contributed by atoms with E-state index in [1.807, 2.05) is 18.2 Å². The van der Waals surface area contributed by atoms with Gasteiger partial charge in [-0.05, 0) is 12.0 Å². The van der Waals surface area contributed by atoms with Gasteiger partial charge < -0.3 is 5.73 Å². The molecule has 0 aliphatic rings. The van der Waals surface area contributed by atoms with Crippen molar-refractivity contribution in [1.82, 2.24) is 9.97 Å². The van der Waals surface area contributed by atoms with E-state index >= 15 is 0 Å². The molecular weight excluding hydrogens is 266 g/mol. The van der Waals surface area contributed by atoms with Crippen molar-refractivity contribution in [1.29, 1.82) is 0 Å². The van der Waals surface area contributed by atoms with Crippen molar-refractivity contribution >= 4 is 27.4 Å². The Labute approximate surface area is 122 Å². The van der Waals surface area contributed by atoms with E-state index in [9.17, 15) is 0 Å². The highest BCUT2D eigenvalue weighted by atomic mass is 32.1. The Hall–Kier alpha value is -1.94. The van der Waals surface area contributed by atoms with Crippen LogP contribution in [0.2, 0.25) is 0 Å². The largest absolute Gasteiger partial charge is 0.383 e. The van der Waals surface area contributed by atoms with Crippen LogP contribution in [0.25, 0.3) is 21.3 Å². The molecule has 0 saturated heterocycles. The third-order valence-electron chi connectivity index (χ3n) is 3.35. The van der Waals surface area contributed by atoms with Crippen molar-refractivity contribution < 1.29 is 0 Å². The lowest BCUT2D eigenvalue weighted by atomic mass is 10.1. The summed E-state index contributed by atoms with van der Waals surface area (Å²) in [5.41, 5.74) is 8.46. The van der Waals surface area contributed by atoms with Gasteiger partial charge in [0.25, 0.3) is 0 Å². The third kappa shape index (κ3) is 2.39. The molecule has 2 heterocycles. The van der Waals surface area contributed by atoms with Gasteiger partial charge in [-0.25, -0.2) is 9.97 Å². The number of thiophene rings is 1. The van der Waals surface area contributed by atoms with Gasteiger partial charge in [-0.1, -0.05) is 43.7 Å². The first-order valence-corrected chi connectivity index (χ1v) is 7.76. The lowest BCUT2D eigenvalue weighted by Gasteiger charge is -2.04. The van der Waals surface area contributed by atoms with Crippen LogP contribution in [-0.2, 0) is 6.42 Å². The van der Waals surface area contributed by atoms with Gasteiger partial charge in [0, 0.05) is 17.4 Å². The average Bonchev–Trinajstić information content (AvgIpc) is 2.90. The first-order chi connectivity index (χ1) is 9.79. The fourth-order valence-electron chi connectivity index (χ4n) is 2.29. The van der Waals surface area contributed by atoms with Crippen molar-refractivity contribution in [2.75, 3.05) is 5.73 Å². The molecule has 0 spiro atoms. The topological polar surface area (TPSA) is 51.8 Å². The summed E-state index contributed by atoms with van der Waals surface area (Å²) in [5, 5.41) is 3.11. The Kier molecular flexibility index (Phi) is 3.65. The van der Waals surface area contributed by atoms with Gasteiger partial charge in [-0.15, -0.1) is 11.3 Å². The number of hydrogen-bond acceptors (Lipinski definition) is 4. The second kappa shape index (κ2) is 5.59. The standard InChI is InChI=1S/C16H17N3S/c1-2-3-9-13-18-15(17)14-12(10-20-16(14)19-13)11-7-5-4-6-8-11/h4-8,10H,2-3,9H2,1H3,(H2,17,18,19). The van der Waals surface area contributed by atoms with Gasteiger partial charge in [0.15, 0.2) is 0 Å². The van der Waals surface area contributed by atoms with Crippen LogP contribution in [0.15, 0.2) is 35.7 Å². The van der Waals surface area contributed by atoms with E-state index in [2.05, 4.69) is 34.4 Å². The molecule has 102 valence electrons. The van der Waals surface area contributed by atoms with E-state index < -0.39 is 0 Å². The zero-order valence-electron chi connectivity index (χ0n) is 11.5. The first kappa shape index (κ1) is 13.1. The highest BCUT2D eigenvalue weighted by Crippen LogP contribution is 2.35. The van der Waals surface area contributed by atoms with E-state index in [0.717, 1.165) is 46.4 Å². The van der Waals surface area contributed by atoms with Crippen LogP contribution < -0.4 is 5.73 Å². The zero-order valence-corrected chi connectivity index (χ0v) is 12.3. The molecule has 0 saturated carbocycles. The molecule has 0 unspecified atom stereocenters. The second-order valence-corrected chi connectivity index (χ2v) is 5.68. The average molecular weight is 283 g/mol. The minimum atomic E-state index is 0.598. The molecule has 2 aromatic heterocycles. The molecule has 3 nitrogen and oxygen atoms in total. The molecule has 1 aromatic carbocycles. The molecular formula is C16H17N3S. The molecule has 3 rings (SSSR count). The van der Waals surface area contributed by atoms with Crippen molar-refractivity contribution in [3.8, 4) is 11.1 Å². The SMILES string of the molecule is CCCCc1nc(N)c2c(-c3ccccc3)csc2n1. The predicted molar refractivity (Wildman–Crippen MR) is 85.9 cm³/mol. The molecule has 0 amide bonds. The van der Waals surface area contributed by atoms with Gasteiger partial charge in [0.1, 0.15) is 16.5 Å². The van der Waals surface area contributed by atoms with E-state index in [1.165, 1.54) is 0 Å². The Morgan fingerprint density at radius 2 is 1.95 bits per heavy atom. The van der Waals surface area contributed by atoms with Crippen molar-refractivity contribution in [3.63, 3.8) is 0 Å². The van der Waals surface area contributed by atoms with Crippen LogP contribution in [-0.4, -0.2) is 9.97 Å². The number of benzene rings is 1. The number of fused-ring (bicyclic) bond motifs is 1. The van der Waals surface area contributed by atoms with Crippen LogP contribution in [0.5, 0.6) is 0 Å². The Balaban J connectivity index is 2.09. The van der Waals surface area contributed by atoms with Crippen LogP contribution in [0.4, 0.5) is 5.82 Å². The lowest BCUT2D eigenvalue weighted by Crippen LogP contribution is -2.00. The summed E-state index contributed by atoms with van der Waals surface area (Å²) in [6.07, 6.45) is 3.14. The Morgan fingerprint density at radius 3 is 2.70 bits per heavy atom. The second-order valence-electron chi connectivity index (χ2n) is 4.82. The highest BCUT2D eigenvalue weighted by Gasteiger charge is 2.13. The minimum Gasteiger partial charge on any atom is -0.383 e. The van der Waals surface area contributed by atoms with Crippen LogP contribution in [0, 0.1) is 0 Å². The predicted octanol–water partition coefficient (Wildman–Crippen LogP) is 4.28. The number of nitrogens with zero attached hydrogens (tertiary/aromatic N) is 2. The number of anilines is 1. The first-order valence-electron chi connectivity index (χ1n) is 6.88. The van der Waals surface area contributed by atoms with E-state index in [1.54, 1.807) is 11.3 Å². The van der Waals surface area contributed by atoms with Gasteiger partial charge in [-0.3, -0.25) is 0 Å². The Morgan fingerprint density at radius 1 is 1.15 bits per heavy atom. The van der Waals surface area contributed by atoms with Gasteiger partial charge in [0.2, 0.25) is 0 Å². The molecule has 0 atom stereocenters. The molecule has 0 fully saturated rings. The molecule has 4 heteroatoms. The number of hydrogen-bond donors (Lipinski definition) is 1. The monoisotopic (exact) mass is 283 g/mol. The summed E-state index contributed by atoms with van der Waals surface area (Å²) in [7, 11) is 0. The summed E-state index contributed by atoms with van der Waals surface area (Å²) in [6.45, 7) is 2.17. The van der Waals surface area contributed by atoms with Gasteiger partial charge >= 0.3 is 0 Å². The number of unbranched alkanes of at least 4 members (excludes halogenated alkanes) is 1. The minimum absolute atomic E-state index is 0.598. The normalized spacial score (nSPS) is 11.1. The molecule has 0 aliphatic heterocycles. The van der Waals surface area contributed by atoms with Crippen LogP contribution >= 0.6 is 11.3 Å². The molecule has 2 N–H and O–H groups in total. The van der Waals surface area contributed by atoms with Crippen LogP contribution in [0.3, 0.4) is 0 Å². The maximum absolute atomic E-state index is 6.17. The fourth-order valence-corrected chi connectivity index (χ4v) is 3.27. The summed E-state index contributed by atoms with van der Waals surface area (Å²) in [4.78, 5) is 10.1. The molecule has 20 heavy (non-hydrogen) atoms. The third-order valence-corrected chi connectivity index (χ3v) is 4.22. The molecule has 0 bridgehead atoms. The zero-order chi connectivity index (χ0) is 13.9. The van der Waals surface area contributed by atoms with Crippen molar-refractivity contribution in [2.24, 2.45) is 0 Å². The summed E-state index contributed by atoms with van der Waals surface area (Å²) in [6, 6.07) is 10.3. The number of nitrogens with two attached hydrogens (primary N) is 1. The number of nitrogen functional groups attached to an aromatic ring is 1. The smallest absolute Gasteiger partial charge is 0.136 e. The molecule has 0 radical (unpaired) electrons. The quantitative estimate of drug-likeness (QED) is 0.777. The van der Waals surface area contributed by atoms with Crippen LogP contribution in [0.1, 0.15) is 25.6 Å². The van der Waals surface area contributed by atoms with Gasteiger partial charge in [-0.2, -0.15) is 0 Å².